The highest BCUT2D eigenvalue weighted by Crippen LogP contribution is 2.36. The number of likely N-dealkylation sites (tertiary alicyclic amines) is 1. The Morgan fingerprint density at radius 2 is 1.79 bits per heavy atom. The Bertz CT molecular complexity index is 392. The number of hydrogen-bond acceptors (Lipinski definition) is 2. The Balaban J connectivity index is 2.18. The first-order valence-corrected chi connectivity index (χ1v) is 8.01. The Hall–Kier alpha value is -0.380. The number of halogens is 1. The molecule has 1 aromatic carbocycles. The van der Waals surface area contributed by atoms with Crippen LogP contribution in [-0.2, 0) is 5.41 Å². The predicted molar refractivity (Wildman–Crippen MR) is 85.7 cm³/mol. The maximum atomic E-state index is 3.53. The summed E-state index contributed by atoms with van der Waals surface area (Å²) in [7, 11) is 2.06. The summed E-state index contributed by atoms with van der Waals surface area (Å²) in [5, 5.41) is 3.41. The number of piperidine rings is 1. The van der Waals surface area contributed by atoms with Crippen molar-refractivity contribution in [3.05, 3.63) is 34.3 Å². The van der Waals surface area contributed by atoms with Gasteiger partial charge in [0.2, 0.25) is 0 Å². The summed E-state index contributed by atoms with van der Waals surface area (Å²) in [4.78, 5) is 2.59. The summed E-state index contributed by atoms with van der Waals surface area (Å²) in [6.45, 7) is 8.07. The average molecular weight is 325 g/mol. The molecule has 3 heteroatoms. The van der Waals surface area contributed by atoms with Crippen LogP contribution in [0.4, 0.5) is 0 Å². The zero-order chi connectivity index (χ0) is 13.9. The first-order chi connectivity index (χ1) is 9.07. The highest BCUT2D eigenvalue weighted by atomic mass is 79.9. The van der Waals surface area contributed by atoms with E-state index < -0.39 is 0 Å². The molecule has 106 valence electrons. The van der Waals surface area contributed by atoms with Crippen LogP contribution in [0.3, 0.4) is 0 Å². The van der Waals surface area contributed by atoms with E-state index in [0.717, 1.165) is 11.0 Å². The third-order valence-corrected chi connectivity index (χ3v) is 4.99. The third kappa shape index (κ3) is 3.39. The van der Waals surface area contributed by atoms with Crippen LogP contribution < -0.4 is 5.32 Å². The molecule has 0 unspecified atom stereocenters. The van der Waals surface area contributed by atoms with Crippen molar-refractivity contribution in [2.24, 2.45) is 0 Å². The van der Waals surface area contributed by atoms with Crippen molar-refractivity contribution < 1.29 is 0 Å². The molecule has 0 radical (unpaired) electrons. The van der Waals surface area contributed by atoms with E-state index in [1.165, 1.54) is 31.5 Å². The van der Waals surface area contributed by atoms with Gasteiger partial charge in [-0.25, -0.2) is 0 Å². The maximum absolute atomic E-state index is 3.53. The zero-order valence-electron chi connectivity index (χ0n) is 12.2. The smallest absolute Gasteiger partial charge is 0.0175 e. The van der Waals surface area contributed by atoms with E-state index in [1.54, 1.807) is 0 Å². The van der Waals surface area contributed by atoms with Crippen molar-refractivity contribution in [2.75, 3.05) is 26.7 Å². The van der Waals surface area contributed by atoms with E-state index in [1.807, 2.05) is 0 Å². The fourth-order valence-corrected chi connectivity index (χ4v) is 3.44. The Kier molecular flexibility index (Phi) is 5.04. The minimum atomic E-state index is 0.306. The molecule has 0 spiro atoms. The van der Waals surface area contributed by atoms with Gasteiger partial charge in [-0.1, -0.05) is 28.1 Å². The number of hydrogen-bond donors (Lipinski definition) is 1. The van der Waals surface area contributed by atoms with Crippen LogP contribution in [0.25, 0.3) is 0 Å². The summed E-state index contributed by atoms with van der Waals surface area (Å²) in [5.74, 6) is 0. The van der Waals surface area contributed by atoms with E-state index in [9.17, 15) is 0 Å². The molecule has 0 aromatic heterocycles. The lowest BCUT2D eigenvalue weighted by Gasteiger charge is -2.43. The van der Waals surface area contributed by atoms with Crippen molar-refractivity contribution in [3.8, 4) is 0 Å². The summed E-state index contributed by atoms with van der Waals surface area (Å²) in [6, 6.07) is 9.57. The SMILES string of the molecule is CNCC1(c2ccc(Br)cc2)CCN(C(C)C)CC1. The fourth-order valence-electron chi connectivity index (χ4n) is 3.18. The summed E-state index contributed by atoms with van der Waals surface area (Å²) >= 11 is 3.53. The van der Waals surface area contributed by atoms with Gasteiger partial charge in [-0.2, -0.15) is 0 Å². The second-order valence-electron chi connectivity index (χ2n) is 5.95. The summed E-state index contributed by atoms with van der Waals surface area (Å²) < 4.78 is 1.16. The van der Waals surface area contributed by atoms with Gasteiger partial charge < -0.3 is 10.2 Å². The van der Waals surface area contributed by atoms with Gasteiger partial charge in [-0.15, -0.1) is 0 Å². The van der Waals surface area contributed by atoms with E-state index >= 15 is 0 Å². The first kappa shape index (κ1) is 15.0. The Morgan fingerprint density at radius 3 is 2.26 bits per heavy atom. The standard InChI is InChI=1S/C16H25BrN2/c1-13(2)19-10-8-16(9-11-19,12-18-3)14-4-6-15(17)7-5-14/h4-7,13,18H,8-12H2,1-3H3. The van der Waals surface area contributed by atoms with Gasteiger partial charge >= 0.3 is 0 Å². The summed E-state index contributed by atoms with van der Waals surface area (Å²) in [6.07, 6.45) is 2.49. The molecule has 1 saturated heterocycles. The molecule has 1 aliphatic heterocycles. The van der Waals surface area contributed by atoms with Crippen LogP contribution in [0, 0.1) is 0 Å². The van der Waals surface area contributed by atoms with Crippen LogP contribution in [0.1, 0.15) is 32.3 Å². The zero-order valence-corrected chi connectivity index (χ0v) is 13.8. The van der Waals surface area contributed by atoms with E-state index in [-0.39, 0.29) is 0 Å². The van der Waals surface area contributed by atoms with E-state index in [4.69, 9.17) is 0 Å². The first-order valence-electron chi connectivity index (χ1n) is 7.22. The molecular weight excluding hydrogens is 300 g/mol. The van der Waals surface area contributed by atoms with Crippen molar-refractivity contribution in [2.45, 2.75) is 38.1 Å². The molecule has 2 nitrogen and oxygen atoms in total. The molecule has 1 N–H and O–H groups in total. The molecule has 19 heavy (non-hydrogen) atoms. The van der Waals surface area contributed by atoms with Gasteiger partial charge in [0.05, 0.1) is 0 Å². The second kappa shape index (κ2) is 6.38. The molecule has 0 amide bonds. The predicted octanol–water partition coefficient (Wildman–Crippen LogP) is 3.41. The molecule has 1 aliphatic rings. The van der Waals surface area contributed by atoms with Crippen LogP contribution in [0.5, 0.6) is 0 Å². The number of nitrogens with zero attached hydrogens (tertiary/aromatic N) is 1. The molecule has 1 fully saturated rings. The fraction of sp³-hybridized carbons (Fsp3) is 0.625. The minimum Gasteiger partial charge on any atom is -0.319 e. The normalized spacial score (nSPS) is 19.8. The molecule has 1 aromatic rings. The highest BCUT2D eigenvalue weighted by molar-refractivity contribution is 9.10. The molecule has 1 heterocycles. The Labute approximate surface area is 125 Å². The van der Waals surface area contributed by atoms with Gasteiger partial charge in [-0.05, 0) is 64.5 Å². The number of likely N-dealkylation sites (N-methyl/N-ethyl adjacent to an activating group) is 1. The van der Waals surface area contributed by atoms with Crippen molar-refractivity contribution in [1.29, 1.82) is 0 Å². The largest absolute Gasteiger partial charge is 0.319 e. The maximum Gasteiger partial charge on any atom is 0.0175 e. The van der Waals surface area contributed by atoms with Crippen LogP contribution in [-0.4, -0.2) is 37.6 Å². The number of benzene rings is 1. The van der Waals surface area contributed by atoms with Crippen LogP contribution >= 0.6 is 15.9 Å². The monoisotopic (exact) mass is 324 g/mol. The molecule has 2 rings (SSSR count). The van der Waals surface area contributed by atoms with Crippen molar-refractivity contribution in [1.82, 2.24) is 10.2 Å². The van der Waals surface area contributed by atoms with Crippen molar-refractivity contribution in [3.63, 3.8) is 0 Å². The molecule has 0 bridgehead atoms. The lowest BCUT2D eigenvalue weighted by molar-refractivity contribution is 0.128. The third-order valence-electron chi connectivity index (χ3n) is 4.46. The lowest BCUT2D eigenvalue weighted by Crippen LogP contribution is -2.49. The quantitative estimate of drug-likeness (QED) is 0.913. The lowest BCUT2D eigenvalue weighted by atomic mass is 9.72. The average Bonchev–Trinajstić information content (AvgIpc) is 2.40. The van der Waals surface area contributed by atoms with Gasteiger partial charge in [0.1, 0.15) is 0 Å². The summed E-state index contributed by atoms with van der Waals surface area (Å²) in [5.41, 5.74) is 1.79. The highest BCUT2D eigenvalue weighted by Gasteiger charge is 2.36. The van der Waals surface area contributed by atoms with E-state index in [0.29, 0.717) is 11.5 Å². The second-order valence-corrected chi connectivity index (χ2v) is 6.86. The van der Waals surface area contributed by atoms with E-state index in [2.05, 4.69) is 71.3 Å². The molecule has 0 atom stereocenters. The van der Waals surface area contributed by atoms with Gasteiger partial charge in [0, 0.05) is 22.5 Å². The van der Waals surface area contributed by atoms with Crippen molar-refractivity contribution >= 4 is 15.9 Å². The topological polar surface area (TPSA) is 15.3 Å². The van der Waals surface area contributed by atoms with Gasteiger partial charge in [0.15, 0.2) is 0 Å². The molecular formula is C16H25BrN2. The number of nitrogens with one attached hydrogen (secondary N) is 1. The minimum absolute atomic E-state index is 0.306. The van der Waals surface area contributed by atoms with Crippen LogP contribution in [0.15, 0.2) is 28.7 Å². The molecule has 0 aliphatic carbocycles. The van der Waals surface area contributed by atoms with Gasteiger partial charge in [-0.3, -0.25) is 0 Å². The molecule has 0 saturated carbocycles. The number of rotatable bonds is 4. The van der Waals surface area contributed by atoms with Gasteiger partial charge in [0.25, 0.3) is 0 Å². The Morgan fingerprint density at radius 1 is 1.21 bits per heavy atom. The van der Waals surface area contributed by atoms with Crippen LogP contribution in [0.2, 0.25) is 0 Å².